The molecule has 0 aromatic carbocycles. The van der Waals surface area contributed by atoms with E-state index in [4.69, 9.17) is 9.47 Å². The average molecular weight is 412 g/mol. The van der Waals surface area contributed by atoms with Crippen molar-refractivity contribution in [3.05, 3.63) is 51.8 Å². The molecule has 10 nitrogen and oxygen atoms in total. The second kappa shape index (κ2) is 8.02. The standard InChI is InChI=1S/C19H21BN4O6/c1-11-8-23(17(25)7-13(11)20(27)28)10-16-21-14-3-4-15(19(26)29-2)22-18(14)24(16)9-12-5-6-30-12/h3-4,7-8,12,27-28H,5-6,9-10H2,1-2H3. The van der Waals surface area contributed by atoms with Crippen molar-refractivity contribution in [1.29, 1.82) is 0 Å². The quantitative estimate of drug-likeness (QED) is 0.398. The van der Waals surface area contributed by atoms with E-state index < -0.39 is 13.1 Å². The summed E-state index contributed by atoms with van der Waals surface area (Å²) in [6.45, 7) is 3.03. The summed E-state index contributed by atoms with van der Waals surface area (Å²) in [4.78, 5) is 33.4. The Bertz CT molecular complexity index is 1170. The molecule has 0 saturated carbocycles. The number of esters is 1. The molecule has 1 saturated heterocycles. The van der Waals surface area contributed by atoms with Crippen molar-refractivity contribution in [3.8, 4) is 0 Å². The SMILES string of the molecule is COC(=O)c1ccc2nc(Cn3cc(C)c(B(O)O)cc3=O)n(CC3CCO3)c2n1. The number of nitrogens with zero attached hydrogens (tertiary/aromatic N) is 4. The summed E-state index contributed by atoms with van der Waals surface area (Å²) < 4.78 is 13.6. The Morgan fingerprint density at radius 2 is 2.13 bits per heavy atom. The summed E-state index contributed by atoms with van der Waals surface area (Å²) in [5.41, 5.74) is 1.62. The lowest BCUT2D eigenvalue weighted by molar-refractivity contribution is -0.0591. The summed E-state index contributed by atoms with van der Waals surface area (Å²) in [6.07, 6.45) is 2.47. The van der Waals surface area contributed by atoms with Gasteiger partial charge in [0.1, 0.15) is 11.3 Å². The van der Waals surface area contributed by atoms with Gasteiger partial charge in [-0.2, -0.15) is 0 Å². The lowest BCUT2D eigenvalue weighted by Gasteiger charge is -2.27. The predicted molar refractivity (Wildman–Crippen MR) is 108 cm³/mol. The lowest BCUT2D eigenvalue weighted by atomic mass is 9.78. The number of imidazole rings is 1. The molecule has 0 radical (unpaired) electrons. The van der Waals surface area contributed by atoms with Crippen molar-refractivity contribution >= 4 is 29.7 Å². The number of fused-ring (bicyclic) bond motifs is 1. The van der Waals surface area contributed by atoms with Crippen LogP contribution in [0.25, 0.3) is 11.2 Å². The van der Waals surface area contributed by atoms with Crippen LogP contribution in [0, 0.1) is 6.92 Å². The first-order valence-corrected chi connectivity index (χ1v) is 9.50. The fourth-order valence-corrected chi connectivity index (χ4v) is 3.47. The van der Waals surface area contributed by atoms with E-state index in [1.165, 1.54) is 17.7 Å². The molecule has 3 aromatic rings. The highest BCUT2D eigenvalue weighted by molar-refractivity contribution is 6.59. The van der Waals surface area contributed by atoms with Crippen LogP contribution < -0.4 is 11.0 Å². The molecule has 30 heavy (non-hydrogen) atoms. The number of methoxy groups -OCH3 is 1. The molecule has 156 valence electrons. The van der Waals surface area contributed by atoms with Crippen molar-refractivity contribution in [2.24, 2.45) is 0 Å². The third kappa shape index (κ3) is 3.74. The van der Waals surface area contributed by atoms with E-state index in [0.717, 1.165) is 6.42 Å². The van der Waals surface area contributed by atoms with E-state index in [0.29, 0.717) is 35.7 Å². The Labute approximate surface area is 171 Å². The lowest BCUT2D eigenvalue weighted by Crippen LogP contribution is -2.38. The van der Waals surface area contributed by atoms with E-state index in [-0.39, 0.29) is 29.4 Å². The number of aryl methyl sites for hydroxylation is 1. The summed E-state index contributed by atoms with van der Waals surface area (Å²) in [6, 6.07) is 4.44. The van der Waals surface area contributed by atoms with Gasteiger partial charge >= 0.3 is 13.1 Å². The monoisotopic (exact) mass is 412 g/mol. The summed E-state index contributed by atoms with van der Waals surface area (Å²) >= 11 is 0. The van der Waals surface area contributed by atoms with Gasteiger partial charge in [-0.3, -0.25) is 4.79 Å². The van der Waals surface area contributed by atoms with Crippen LogP contribution in [0.4, 0.5) is 0 Å². The minimum atomic E-state index is -1.71. The highest BCUT2D eigenvalue weighted by atomic mass is 16.5. The van der Waals surface area contributed by atoms with Gasteiger partial charge in [-0.1, -0.05) is 0 Å². The number of ether oxygens (including phenoxy) is 2. The Balaban J connectivity index is 1.78. The largest absolute Gasteiger partial charge is 0.488 e. The Hall–Kier alpha value is -3.02. The van der Waals surface area contributed by atoms with Crippen molar-refractivity contribution < 1.29 is 24.3 Å². The van der Waals surface area contributed by atoms with E-state index in [1.54, 1.807) is 25.3 Å². The van der Waals surface area contributed by atoms with Gasteiger partial charge in [-0.25, -0.2) is 14.8 Å². The Kier molecular flexibility index (Phi) is 5.41. The summed E-state index contributed by atoms with van der Waals surface area (Å²) in [5, 5.41) is 18.8. The van der Waals surface area contributed by atoms with Gasteiger partial charge in [0, 0.05) is 18.9 Å². The molecular formula is C19H21BN4O6. The van der Waals surface area contributed by atoms with Crippen LogP contribution in [0.15, 0.2) is 29.2 Å². The van der Waals surface area contributed by atoms with Crippen LogP contribution in [0.5, 0.6) is 0 Å². The van der Waals surface area contributed by atoms with Crippen LogP contribution >= 0.6 is 0 Å². The second-order valence-electron chi connectivity index (χ2n) is 7.20. The zero-order valence-electron chi connectivity index (χ0n) is 16.6. The van der Waals surface area contributed by atoms with Crippen LogP contribution in [0.2, 0.25) is 0 Å². The number of carbonyl (C=O) groups excluding carboxylic acids is 1. The van der Waals surface area contributed by atoms with Gasteiger partial charge in [-0.15, -0.1) is 0 Å². The normalized spacial score (nSPS) is 15.8. The summed E-state index contributed by atoms with van der Waals surface area (Å²) in [5.74, 6) is 0.0323. The first kappa shape index (κ1) is 20.3. The molecule has 0 amide bonds. The molecule has 2 N–H and O–H groups in total. The first-order chi connectivity index (χ1) is 14.4. The highest BCUT2D eigenvalue weighted by Crippen LogP contribution is 2.21. The van der Waals surface area contributed by atoms with E-state index >= 15 is 0 Å². The molecule has 1 aliphatic heterocycles. The molecule has 11 heteroatoms. The van der Waals surface area contributed by atoms with Gasteiger partial charge in [0.25, 0.3) is 5.56 Å². The van der Waals surface area contributed by atoms with Gasteiger partial charge in [0.2, 0.25) is 0 Å². The predicted octanol–water partition coefficient (Wildman–Crippen LogP) is -0.795. The molecule has 0 aliphatic carbocycles. The molecule has 1 fully saturated rings. The number of rotatable bonds is 6. The topological polar surface area (TPSA) is 129 Å². The Morgan fingerprint density at radius 1 is 1.37 bits per heavy atom. The third-order valence-electron chi connectivity index (χ3n) is 5.20. The zero-order chi connectivity index (χ0) is 21.4. The minimum absolute atomic E-state index is 0.00935. The van der Waals surface area contributed by atoms with Gasteiger partial charge in [0.05, 0.1) is 26.3 Å². The maximum atomic E-state index is 12.5. The number of aromatic nitrogens is 4. The molecular weight excluding hydrogens is 391 g/mol. The fourth-order valence-electron chi connectivity index (χ4n) is 3.47. The fraction of sp³-hybridized carbons (Fsp3) is 0.368. The average Bonchev–Trinajstić information content (AvgIpc) is 3.02. The minimum Gasteiger partial charge on any atom is -0.464 e. The zero-order valence-corrected chi connectivity index (χ0v) is 16.6. The number of hydrogen-bond donors (Lipinski definition) is 2. The maximum Gasteiger partial charge on any atom is 0.488 e. The Morgan fingerprint density at radius 3 is 2.77 bits per heavy atom. The van der Waals surface area contributed by atoms with E-state index in [1.807, 2.05) is 4.57 Å². The molecule has 0 bridgehead atoms. The first-order valence-electron chi connectivity index (χ1n) is 9.50. The molecule has 3 aromatic heterocycles. The van der Waals surface area contributed by atoms with Gasteiger partial charge in [0.15, 0.2) is 11.3 Å². The molecule has 1 aliphatic rings. The van der Waals surface area contributed by atoms with Crippen molar-refractivity contribution in [2.75, 3.05) is 13.7 Å². The van der Waals surface area contributed by atoms with Crippen LogP contribution in [-0.4, -0.2) is 62.1 Å². The number of hydrogen-bond acceptors (Lipinski definition) is 8. The molecule has 1 unspecified atom stereocenters. The molecule has 4 heterocycles. The van der Waals surface area contributed by atoms with Crippen LogP contribution in [0.1, 0.15) is 28.3 Å². The second-order valence-corrected chi connectivity index (χ2v) is 7.20. The van der Waals surface area contributed by atoms with Gasteiger partial charge < -0.3 is 28.7 Å². The van der Waals surface area contributed by atoms with E-state index in [2.05, 4.69) is 9.97 Å². The number of carbonyl (C=O) groups is 1. The highest BCUT2D eigenvalue weighted by Gasteiger charge is 2.24. The van der Waals surface area contributed by atoms with Crippen molar-refractivity contribution in [2.45, 2.75) is 32.5 Å². The van der Waals surface area contributed by atoms with Crippen molar-refractivity contribution in [3.63, 3.8) is 0 Å². The maximum absolute atomic E-state index is 12.5. The summed E-state index contributed by atoms with van der Waals surface area (Å²) in [7, 11) is -0.422. The molecule has 4 rings (SSSR count). The number of pyridine rings is 2. The van der Waals surface area contributed by atoms with E-state index in [9.17, 15) is 19.6 Å². The van der Waals surface area contributed by atoms with Crippen LogP contribution in [-0.2, 0) is 22.6 Å². The third-order valence-corrected chi connectivity index (χ3v) is 5.20. The van der Waals surface area contributed by atoms with Crippen LogP contribution in [0.3, 0.4) is 0 Å². The molecule has 0 spiro atoms. The van der Waals surface area contributed by atoms with Gasteiger partial charge in [-0.05, 0) is 36.5 Å². The smallest absolute Gasteiger partial charge is 0.464 e. The molecule has 1 atom stereocenters. The van der Waals surface area contributed by atoms with Crippen molar-refractivity contribution in [1.82, 2.24) is 19.1 Å².